The Bertz CT molecular complexity index is 752. The summed E-state index contributed by atoms with van der Waals surface area (Å²) in [5, 5.41) is 13.4. The molecule has 1 heterocycles. The fraction of sp³-hybridized carbons (Fsp3) is 0.520. The van der Waals surface area contributed by atoms with Gasteiger partial charge in [-0.05, 0) is 33.5 Å². The zero-order chi connectivity index (χ0) is 21.9. The first kappa shape index (κ1) is 23.5. The smallest absolute Gasteiger partial charge is 0.261 e. The van der Waals surface area contributed by atoms with Crippen LogP contribution in [-0.4, -0.2) is 43.9 Å². The van der Waals surface area contributed by atoms with Crippen molar-refractivity contribution < 1.29 is 14.3 Å². The van der Waals surface area contributed by atoms with Crippen LogP contribution in [0.3, 0.4) is 0 Å². The molecule has 30 heavy (non-hydrogen) atoms. The molecule has 1 N–H and O–H groups in total. The van der Waals surface area contributed by atoms with Gasteiger partial charge in [0.1, 0.15) is 11.5 Å². The lowest BCUT2D eigenvalue weighted by atomic mass is 9.86. The Morgan fingerprint density at radius 2 is 1.43 bits per heavy atom. The first-order valence-electron chi connectivity index (χ1n) is 10.8. The van der Waals surface area contributed by atoms with Crippen molar-refractivity contribution in [2.75, 3.05) is 12.9 Å². The van der Waals surface area contributed by atoms with Crippen LogP contribution in [-0.2, 0) is 9.16 Å². The van der Waals surface area contributed by atoms with Gasteiger partial charge in [0.15, 0.2) is 0 Å². The molecule has 2 aromatic rings. The monoisotopic (exact) mass is 444 g/mol. The number of aliphatic hydroxyl groups is 1. The molecule has 0 saturated carbocycles. The highest BCUT2D eigenvalue weighted by Gasteiger charge is 2.51. The standard InChI is InChI=1S/C25H36O3SSi/c1-18-19(2)24(29-6)28-22(23(18)26)17-27-30(25(3,4)5,20-13-9-7-10-14-20)21-15-11-8-12-16-21/h7-16,18-19,22-24,26H,17H2,1-6H3/t18-,19+,22?,23-,24?/m1/s1. The molecule has 164 valence electrons. The van der Waals surface area contributed by atoms with Crippen molar-refractivity contribution in [3.8, 4) is 0 Å². The van der Waals surface area contributed by atoms with Gasteiger partial charge in [0, 0.05) is 0 Å². The fourth-order valence-electron chi connectivity index (χ4n) is 4.65. The summed E-state index contributed by atoms with van der Waals surface area (Å²) in [6.45, 7) is 11.5. The minimum Gasteiger partial charge on any atom is -0.405 e. The lowest BCUT2D eigenvalue weighted by Crippen LogP contribution is -2.67. The summed E-state index contributed by atoms with van der Waals surface area (Å²) in [7, 11) is -2.63. The summed E-state index contributed by atoms with van der Waals surface area (Å²) in [5.74, 6) is 0.475. The Morgan fingerprint density at radius 1 is 0.933 bits per heavy atom. The molecule has 0 aromatic heterocycles. The zero-order valence-electron chi connectivity index (χ0n) is 19.0. The van der Waals surface area contributed by atoms with Gasteiger partial charge < -0.3 is 14.3 Å². The SMILES string of the molecule is CSC1OC(CO[Si](c2ccccc2)(c2ccccc2)C(C)(C)C)[C@H](O)[C@H](C)[C@@H]1C. The van der Waals surface area contributed by atoms with E-state index in [1.54, 1.807) is 11.8 Å². The van der Waals surface area contributed by atoms with Crippen LogP contribution in [0.1, 0.15) is 34.6 Å². The molecule has 2 unspecified atom stereocenters. The van der Waals surface area contributed by atoms with Gasteiger partial charge in [0.05, 0.1) is 12.7 Å². The molecule has 5 atom stereocenters. The highest BCUT2D eigenvalue weighted by molar-refractivity contribution is 7.99. The number of hydrogen-bond donors (Lipinski definition) is 1. The minimum atomic E-state index is -2.63. The number of rotatable bonds is 6. The molecule has 1 saturated heterocycles. The Labute approximate surface area is 187 Å². The van der Waals surface area contributed by atoms with E-state index in [2.05, 4.69) is 102 Å². The van der Waals surface area contributed by atoms with E-state index in [4.69, 9.17) is 9.16 Å². The molecule has 0 spiro atoms. The van der Waals surface area contributed by atoms with Crippen LogP contribution < -0.4 is 10.4 Å². The van der Waals surface area contributed by atoms with E-state index >= 15 is 0 Å². The number of hydrogen-bond acceptors (Lipinski definition) is 4. The van der Waals surface area contributed by atoms with Gasteiger partial charge in [0.25, 0.3) is 8.32 Å². The maximum absolute atomic E-state index is 11.0. The van der Waals surface area contributed by atoms with Crippen molar-refractivity contribution in [3.63, 3.8) is 0 Å². The number of benzene rings is 2. The molecule has 1 fully saturated rings. The van der Waals surface area contributed by atoms with E-state index in [0.29, 0.717) is 12.5 Å². The number of thioether (sulfide) groups is 1. The van der Waals surface area contributed by atoms with E-state index in [9.17, 15) is 5.11 Å². The van der Waals surface area contributed by atoms with Crippen molar-refractivity contribution in [2.45, 2.75) is 57.3 Å². The average molecular weight is 445 g/mol. The van der Waals surface area contributed by atoms with Crippen LogP contribution in [0.2, 0.25) is 5.04 Å². The summed E-state index contributed by atoms with van der Waals surface area (Å²) in [4.78, 5) is 0. The summed E-state index contributed by atoms with van der Waals surface area (Å²) in [6.07, 6.45) is 1.22. The van der Waals surface area contributed by atoms with Gasteiger partial charge in [-0.2, -0.15) is 0 Å². The molecule has 0 bridgehead atoms. The van der Waals surface area contributed by atoms with Crippen LogP contribution in [0.5, 0.6) is 0 Å². The third kappa shape index (κ3) is 4.41. The maximum atomic E-state index is 11.0. The first-order chi connectivity index (χ1) is 14.2. The summed E-state index contributed by atoms with van der Waals surface area (Å²) < 4.78 is 13.3. The molecule has 1 aliphatic rings. The molecule has 0 amide bonds. The summed E-state index contributed by atoms with van der Waals surface area (Å²) in [5.41, 5.74) is 0.0798. The highest BCUT2D eigenvalue weighted by atomic mass is 32.2. The summed E-state index contributed by atoms with van der Waals surface area (Å²) >= 11 is 1.72. The molecular weight excluding hydrogens is 408 g/mol. The quantitative estimate of drug-likeness (QED) is 0.675. The van der Waals surface area contributed by atoms with Crippen LogP contribution in [0.25, 0.3) is 0 Å². The molecule has 3 rings (SSSR count). The second-order valence-corrected chi connectivity index (χ2v) is 14.7. The van der Waals surface area contributed by atoms with E-state index in [1.165, 1.54) is 10.4 Å². The number of ether oxygens (including phenoxy) is 1. The van der Waals surface area contributed by atoms with Gasteiger partial charge >= 0.3 is 0 Å². The predicted octanol–water partition coefficient (Wildman–Crippen LogP) is 4.28. The van der Waals surface area contributed by atoms with E-state index in [1.807, 2.05) is 0 Å². The van der Waals surface area contributed by atoms with Gasteiger partial charge in [-0.1, -0.05) is 95.3 Å². The topological polar surface area (TPSA) is 38.7 Å². The molecule has 0 radical (unpaired) electrons. The second kappa shape index (κ2) is 9.57. The maximum Gasteiger partial charge on any atom is 0.261 e. The average Bonchev–Trinajstić information content (AvgIpc) is 2.74. The van der Waals surface area contributed by atoms with E-state index in [-0.39, 0.29) is 22.5 Å². The molecule has 2 aromatic carbocycles. The normalized spacial score (nSPS) is 27.8. The third-order valence-electron chi connectivity index (χ3n) is 6.60. The molecule has 0 aliphatic carbocycles. The van der Waals surface area contributed by atoms with Crippen molar-refractivity contribution >= 4 is 30.5 Å². The van der Waals surface area contributed by atoms with Gasteiger partial charge in [-0.15, -0.1) is 11.8 Å². The van der Waals surface area contributed by atoms with Gasteiger partial charge in [-0.25, -0.2) is 0 Å². The van der Waals surface area contributed by atoms with E-state index < -0.39 is 14.4 Å². The van der Waals surface area contributed by atoms with Crippen LogP contribution in [0, 0.1) is 11.8 Å². The van der Waals surface area contributed by atoms with Crippen LogP contribution >= 0.6 is 11.8 Å². The zero-order valence-corrected chi connectivity index (χ0v) is 20.9. The first-order valence-corrected chi connectivity index (χ1v) is 14.0. The van der Waals surface area contributed by atoms with Crippen molar-refractivity contribution in [1.29, 1.82) is 0 Å². The minimum absolute atomic E-state index is 0.0798. The van der Waals surface area contributed by atoms with Crippen LogP contribution in [0.4, 0.5) is 0 Å². The fourth-order valence-corrected chi connectivity index (χ4v) is 10.2. The van der Waals surface area contributed by atoms with Gasteiger partial charge in [-0.3, -0.25) is 0 Å². The number of aliphatic hydroxyl groups excluding tert-OH is 1. The second-order valence-electron chi connectivity index (χ2n) is 9.46. The molecule has 1 aliphatic heterocycles. The predicted molar refractivity (Wildman–Crippen MR) is 130 cm³/mol. The third-order valence-corrected chi connectivity index (χ3v) is 12.6. The van der Waals surface area contributed by atoms with Crippen molar-refractivity contribution in [1.82, 2.24) is 0 Å². The Kier molecular flexibility index (Phi) is 7.52. The molecule has 3 nitrogen and oxygen atoms in total. The molecule has 5 heteroatoms. The molecular formula is C25H36O3SSi. The highest BCUT2D eigenvalue weighted by Crippen LogP contribution is 2.39. The lowest BCUT2D eigenvalue weighted by molar-refractivity contribution is -0.150. The van der Waals surface area contributed by atoms with E-state index in [0.717, 1.165) is 0 Å². The van der Waals surface area contributed by atoms with Crippen LogP contribution in [0.15, 0.2) is 60.7 Å². The summed E-state index contributed by atoms with van der Waals surface area (Å²) in [6, 6.07) is 21.2. The van der Waals surface area contributed by atoms with Crippen molar-refractivity contribution in [3.05, 3.63) is 60.7 Å². The Hall–Kier alpha value is -1.11. The Balaban J connectivity index is 2.00. The Morgan fingerprint density at radius 3 is 1.87 bits per heavy atom. The van der Waals surface area contributed by atoms with Gasteiger partial charge in [0.2, 0.25) is 0 Å². The lowest BCUT2D eigenvalue weighted by Gasteiger charge is -2.46. The largest absolute Gasteiger partial charge is 0.405 e. The van der Waals surface area contributed by atoms with Crippen molar-refractivity contribution in [2.24, 2.45) is 11.8 Å².